The molecule has 0 spiro atoms. The van der Waals surface area contributed by atoms with E-state index in [1.807, 2.05) is 6.92 Å². The summed E-state index contributed by atoms with van der Waals surface area (Å²) < 4.78 is 0. The number of anilines is 1. The zero-order chi connectivity index (χ0) is 12.8. The summed E-state index contributed by atoms with van der Waals surface area (Å²) in [5, 5.41) is 9.76. The Labute approximate surface area is 112 Å². The first-order valence-electron chi connectivity index (χ1n) is 5.92. The Morgan fingerprint density at radius 1 is 1.47 bits per heavy atom. The molecular formula is C14H19BrN2. The van der Waals surface area contributed by atoms with Gasteiger partial charge in [0, 0.05) is 24.1 Å². The Morgan fingerprint density at radius 2 is 2.18 bits per heavy atom. The van der Waals surface area contributed by atoms with Crippen molar-refractivity contribution in [3.8, 4) is 6.07 Å². The van der Waals surface area contributed by atoms with Crippen LogP contribution in [0.2, 0.25) is 0 Å². The van der Waals surface area contributed by atoms with Crippen molar-refractivity contribution in [2.24, 2.45) is 5.92 Å². The number of nitrogens with zero attached hydrogens (tertiary/aromatic N) is 2. The molecule has 3 heteroatoms. The lowest BCUT2D eigenvalue weighted by Crippen LogP contribution is -2.28. The normalized spacial score (nSPS) is 11.9. The maximum atomic E-state index is 8.91. The molecule has 0 aliphatic heterocycles. The molecule has 2 nitrogen and oxygen atoms in total. The SMILES string of the molecule is CCN(CC(C)C#N)c1ccc(C)cc1CBr. The van der Waals surface area contributed by atoms with Crippen LogP contribution in [0.25, 0.3) is 0 Å². The third-order valence-corrected chi connectivity index (χ3v) is 3.42. The highest BCUT2D eigenvalue weighted by Crippen LogP contribution is 2.24. The van der Waals surface area contributed by atoms with E-state index in [2.05, 4.69) is 58.9 Å². The average Bonchev–Trinajstić information content (AvgIpc) is 2.35. The van der Waals surface area contributed by atoms with E-state index in [4.69, 9.17) is 5.26 Å². The number of rotatable bonds is 5. The molecular weight excluding hydrogens is 276 g/mol. The van der Waals surface area contributed by atoms with Crippen molar-refractivity contribution in [3.63, 3.8) is 0 Å². The molecule has 1 aromatic carbocycles. The maximum absolute atomic E-state index is 8.91. The van der Waals surface area contributed by atoms with Crippen LogP contribution in [0.3, 0.4) is 0 Å². The second-order valence-corrected chi connectivity index (χ2v) is 4.90. The zero-order valence-electron chi connectivity index (χ0n) is 10.7. The first-order valence-corrected chi connectivity index (χ1v) is 7.04. The summed E-state index contributed by atoms with van der Waals surface area (Å²) in [5.41, 5.74) is 3.79. The molecule has 92 valence electrons. The summed E-state index contributed by atoms with van der Waals surface area (Å²) in [6.07, 6.45) is 0. The smallest absolute Gasteiger partial charge is 0.0671 e. The number of nitriles is 1. The lowest BCUT2D eigenvalue weighted by Gasteiger charge is -2.26. The van der Waals surface area contributed by atoms with E-state index in [0.29, 0.717) is 0 Å². The van der Waals surface area contributed by atoms with Gasteiger partial charge in [0.1, 0.15) is 0 Å². The third-order valence-electron chi connectivity index (χ3n) is 2.82. The van der Waals surface area contributed by atoms with Crippen LogP contribution in [0, 0.1) is 24.2 Å². The molecule has 0 saturated carbocycles. The summed E-state index contributed by atoms with van der Waals surface area (Å²) in [5.74, 6) is 0.0550. The van der Waals surface area contributed by atoms with Crippen LogP contribution in [0.15, 0.2) is 18.2 Å². The minimum Gasteiger partial charge on any atom is -0.370 e. The number of benzene rings is 1. The van der Waals surface area contributed by atoms with Crippen LogP contribution in [-0.4, -0.2) is 13.1 Å². The van der Waals surface area contributed by atoms with E-state index in [0.717, 1.165) is 18.4 Å². The molecule has 0 bridgehead atoms. The monoisotopic (exact) mass is 294 g/mol. The number of aryl methyl sites for hydroxylation is 1. The summed E-state index contributed by atoms with van der Waals surface area (Å²) >= 11 is 3.53. The summed E-state index contributed by atoms with van der Waals surface area (Å²) in [4.78, 5) is 2.27. The first kappa shape index (κ1) is 14.1. The maximum Gasteiger partial charge on any atom is 0.0671 e. The molecule has 0 heterocycles. The van der Waals surface area contributed by atoms with Gasteiger partial charge < -0.3 is 4.90 Å². The highest BCUT2D eigenvalue weighted by Gasteiger charge is 2.12. The molecule has 0 aliphatic carbocycles. The standard InChI is InChI=1S/C14H19BrN2/c1-4-17(10-12(3)9-16)14-6-5-11(2)7-13(14)8-15/h5-7,12H,4,8,10H2,1-3H3. The van der Waals surface area contributed by atoms with E-state index >= 15 is 0 Å². The summed E-state index contributed by atoms with van der Waals surface area (Å²) in [7, 11) is 0. The van der Waals surface area contributed by atoms with Crippen LogP contribution < -0.4 is 4.90 Å². The van der Waals surface area contributed by atoms with Crippen molar-refractivity contribution in [1.82, 2.24) is 0 Å². The molecule has 1 rings (SSSR count). The van der Waals surface area contributed by atoms with Crippen LogP contribution in [-0.2, 0) is 5.33 Å². The number of hydrogen-bond acceptors (Lipinski definition) is 2. The molecule has 0 saturated heterocycles. The topological polar surface area (TPSA) is 27.0 Å². The van der Waals surface area contributed by atoms with Gasteiger partial charge in [0.15, 0.2) is 0 Å². The van der Waals surface area contributed by atoms with Crippen LogP contribution >= 0.6 is 15.9 Å². The Bertz CT molecular complexity index is 409. The predicted molar refractivity (Wildman–Crippen MR) is 76.5 cm³/mol. The van der Waals surface area contributed by atoms with Crippen molar-refractivity contribution < 1.29 is 0 Å². The van der Waals surface area contributed by atoms with Gasteiger partial charge in [-0.2, -0.15) is 5.26 Å². The molecule has 0 fully saturated rings. The minimum absolute atomic E-state index is 0.0550. The van der Waals surface area contributed by atoms with Gasteiger partial charge in [0.05, 0.1) is 12.0 Å². The Balaban J connectivity index is 2.99. The van der Waals surface area contributed by atoms with Crippen LogP contribution in [0.1, 0.15) is 25.0 Å². The Morgan fingerprint density at radius 3 is 2.71 bits per heavy atom. The fraction of sp³-hybridized carbons (Fsp3) is 0.500. The van der Waals surface area contributed by atoms with E-state index in [1.165, 1.54) is 16.8 Å². The van der Waals surface area contributed by atoms with Crippen molar-refractivity contribution in [2.75, 3.05) is 18.0 Å². The number of alkyl halides is 1. The lowest BCUT2D eigenvalue weighted by atomic mass is 10.1. The molecule has 0 aromatic heterocycles. The minimum atomic E-state index is 0.0550. The molecule has 0 radical (unpaired) electrons. The highest BCUT2D eigenvalue weighted by molar-refractivity contribution is 9.08. The van der Waals surface area contributed by atoms with Gasteiger partial charge in [-0.25, -0.2) is 0 Å². The second-order valence-electron chi connectivity index (χ2n) is 4.33. The molecule has 1 unspecified atom stereocenters. The van der Waals surface area contributed by atoms with Crippen molar-refractivity contribution >= 4 is 21.6 Å². The molecule has 17 heavy (non-hydrogen) atoms. The van der Waals surface area contributed by atoms with Gasteiger partial charge in [-0.3, -0.25) is 0 Å². The van der Waals surface area contributed by atoms with Gasteiger partial charge in [0.2, 0.25) is 0 Å². The second kappa shape index (κ2) is 6.66. The number of halogens is 1. The number of hydrogen-bond donors (Lipinski definition) is 0. The Kier molecular flexibility index (Phi) is 5.50. The molecule has 0 N–H and O–H groups in total. The van der Waals surface area contributed by atoms with Gasteiger partial charge in [-0.05, 0) is 32.4 Å². The largest absolute Gasteiger partial charge is 0.370 e. The molecule has 0 aliphatic rings. The lowest BCUT2D eigenvalue weighted by molar-refractivity contribution is 0.685. The zero-order valence-corrected chi connectivity index (χ0v) is 12.3. The molecule has 1 aromatic rings. The van der Waals surface area contributed by atoms with Gasteiger partial charge in [0.25, 0.3) is 0 Å². The highest BCUT2D eigenvalue weighted by atomic mass is 79.9. The van der Waals surface area contributed by atoms with Crippen molar-refractivity contribution in [2.45, 2.75) is 26.1 Å². The Hall–Kier alpha value is -1.01. The van der Waals surface area contributed by atoms with Gasteiger partial charge in [-0.15, -0.1) is 0 Å². The fourth-order valence-corrected chi connectivity index (χ4v) is 2.35. The van der Waals surface area contributed by atoms with Gasteiger partial charge >= 0.3 is 0 Å². The van der Waals surface area contributed by atoms with E-state index in [9.17, 15) is 0 Å². The van der Waals surface area contributed by atoms with Crippen LogP contribution in [0.4, 0.5) is 5.69 Å². The van der Waals surface area contributed by atoms with Crippen LogP contribution in [0.5, 0.6) is 0 Å². The summed E-state index contributed by atoms with van der Waals surface area (Å²) in [6.45, 7) is 7.90. The van der Waals surface area contributed by atoms with Crippen molar-refractivity contribution in [3.05, 3.63) is 29.3 Å². The van der Waals surface area contributed by atoms with E-state index < -0.39 is 0 Å². The quantitative estimate of drug-likeness (QED) is 0.771. The molecule has 0 amide bonds. The third kappa shape index (κ3) is 3.74. The fourth-order valence-electron chi connectivity index (χ4n) is 1.90. The van der Waals surface area contributed by atoms with Crippen molar-refractivity contribution in [1.29, 1.82) is 5.26 Å². The summed E-state index contributed by atoms with van der Waals surface area (Å²) in [6, 6.07) is 8.77. The van der Waals surface area contributed by atoms with Gasteiger partial charge in [-0.1, -0.05) is 33.6 Å². The van der Waals surface area contributed by atoms with E-state index in [1.54, 1.807) is 0 Å². The predicted octanol–water partition coefficient (Wildman–Crippen LogP) is 3.88. The molecule has 1 atom stereocenters. The first-order chi connectivity index (χ1) is 8.12. The average molecular weight is 295 g/mol. The van der Waals surface area contributed by atoms with E-state index in [-0.39, 0.29) is 5.92 Å².